The molecule has 3 rings (SSSR count). The van der Waals surface area contributed by atoms with Gasteiger partial charge >= 0.3 is 0 Å². The van der Waals surface area contributed by atoms with E-state index in [0.29, 0.717) is 5.92 Å². The highest BCUT2D eigenvalue weighted by Crippen LogP contribution is 2.43. The lowest BCUT2D eigenvalue weighted by Crippen LogP contribution is -2.28. The molecule has 2 aliphatic rings. The largest absolute Gasteiger partial charge is 0.204 e. The molecule has 128 valence electrons. The molecule has 0 bridgehead atoms. The van der Waals surface area contributed by atoms with Crippen LogP contribution in [0.25, 0.3) is 0 Å². The van der Waals surface area contributed by atoms with Crippen LogP contribution < -0.4 is 0 Å². The molecule has 23 heavy (non-hydrogen) atoms. The van der Waals surface area contributed by atoms with Gasteiger partial charge in [0.15, 0.2) is 11.6 Å². The number of hydrogen-bond acceptors (Lipinski definition) is 0. The molecule has 1 aromatic rings. The van der Waals surface area contributed by atoms with Crippen molar-refractivity contribution in [1.82, 2.24) is 0 Å². The summed E-state index contributed by atoms with van der Waals surface area (Å²) >= 11 is 0. The van der Waals surface area contributed by atoms with E-state index in [2.05, 4.69) is 6.92 Å². The number of benzene rings is 1. The molecule has 0 atom stereocenters. The van der Waals surface area contributed by atoms with Crippen molar-refractivity contribution in [3.8, 4) is 0 Å². The first-order chi connectivity index (χ1) is 11.2. The number of rotatable bonds is 4. The summed E-state index contributed by atoms with van der Waals surface area (Å²) in [6, 6.07) is 9.18. The third-order valence-electron chi connectivity index (χ3n) is 6.44. The molecule has 0 aromatic heterocycles. The summed E-state index contributed by atoms with van der Waals surface area (Å²) in [5.74, 6) is 0.876. The monoisotopic (exact) mass is 336 g/mol. The summed E-state index contributed by atoms with van der Waals surface area (Å²) in [7, 11) is -0.368. The van der Waals surface area contributed by atoms with Crippen molar-refractivity contribution in [3.05, 3.63) is 35.4 Å². The molecule has 0 spiro atoms. The fourth-order valence-corrected chi connectivity index (χ4v) is 8.53. The average molecular weight is 337 g/mol. The molecule has 2 fully saturated rings. The minimum absolute atomic E-state index is 0.368. The Morgan fingerprint density at radius 1 is 0.913 bits per heavy atom. The summed E-state index contributed by atoms with van der Waals surface area (Å²) < 4.78 is 26.5. The Hall–Kier alpha value is -0.703. The van der Waals surface area contributed by atoms with Crippen LogP contribution in [0.15, 0.2) is 18.2 Å². The second kappa shape index (κ2) is 7.91. The Morgan fingerprint density at radius 2 is 1.57 bits per heavy atom. The molecule has 0 amide bonds. The van der Waals surface area contributed by atoms with Crippen LogP contribution in [0, 0.1) is 23.5 Å². The second-order valence-corrected chi connectivity index (χ2v) is 11.3. The Balaban J connectivity index is 1.50. The maximum Gasteiger partial charge on any atom is 0.159 e. The highest BCUT2D eigenvalue weighted by molar-refractivity contribution is 6.58. The van der Waals surface area contributed by atoms with E-state index in [4.69, 9.17) is 0 Å². The second-order valence-electron chi connectivity index (χ2n) is 7.85. The standard InChI is InChI=1S/C20H30F2Si/c1-2-11-23-12-9-17(10-13-23)15-3-5-16(6-4-15)18-7-8-19(21)20(22)14-18/h7-8,14-17,23H,2-6,9-13H2,1H3/t15-,16-,17?,23?. The van der Waals surface area contributed by atoms with Gasteiger partial charge in [-0.2, -0.15) is 0 Å². The average Bonchev–Trinajstić information content (AvgIpc) is 2.59. The van der Waals surface area contributed by atoms with Crippen molar-refractivity contribution < 1.29 is 8.78 Å². The molecule has 1 aliphatic carbocycles. The van der Waals surface area contributed by atoms with Crippen LogP contribution in [0.1, 0.15) is 63.4 Å². The maximum atomic E-state index is 13.4. The fraction of sp³-hybridized carbons (Fsp3) is 0.700. The maximum absolute atomic E-state index is 13.4. The zero-order valence-corrected chi connectivity index (χ0v) is 15.5. The van der Waals surface area contributed by atoms with Gasteiger partial charge in [0.2, 0.25) is 0 Å². The van der Waals surface area contributed by atoms with Crippen molar-refractivity contribution in [1.29, 1.82) is 0 Å². The predicted octanol–water partition coefficient (Wildman–Crippen LogP) is 6.29. The van der Waals surface area contributed by atoms with Gasteiger partial charge in [-0.25, -0.2) is 8.78 Å². The van der Waals surface area contributed by atoms with E-state index < -0.39 is 11.6 Å². The molecule has 3 heteroatoms. The van der Waals surface area contributed by atoms with Gasteiger partial charge in [-0.05, 0) is 61.1 Å². The molecule has 0 N–H and O–H groups in total. The van der Waals surface area contributed by atoms with E-state index in [1.807, 2.05) is 0 Å². The molecule has 1 aromatic carbocycles. The normalized spacial score (nSPS) is 32.0. The summed E-state index contributed by atoms with van der Waals surface area (Å²) in [4.78, 5) is 0. The van der Waals surface area contributed by atoms with E-state index >= 15 is 0 Å². The SMILES string of the molecule is CCC[SiH]1CCC([C@H]2CC[C@H](c3ccc(F)c(F)c3)CC2)CC1. The van der Waals surface area contributed by atoms with E-state index in [9.17, 15) is 8.78 Å². The highest BCUT2D eigenvalue weighted by atomic mass is 28.3. The van der Waals surface area contributed by atoms with Crippen molar-refractivity contribution in [3.63, 3.8) is 0 Å². The van der Waals surface area contributed by atoms with Gasteiger partial charge in [-0.15, -0.1) is 0 Å². The first kappa shape index (κ1) is 17.1. The Labute approximate surface area is 141 Å². The molecule has 0 nitrogen and oxygen atoms in total. The smallest absolute Gasteiger partial charge is 0.159 e. The van der Waals surface area contributed by atoms with E-state index in [-0.39, 0.29) is 8.80 Å². The van der Waals surface area contributed by atoms with Crippen LogP contribution in [-0.4, -0.2) is 8.80 Å². The molecule has 1 aliphatic heterocycles. The lowest BCUT2D eigenvalue weighted by molar-refractivity contribution is 0.216. The van der Waals surface area contributed by atoms with Crippen molar-refractivity contribution >= 4 is 8.80 Å². The van der Waals surface area contributed by atoms with Gasteiger partial charge in [0.05, 0.1) is 0 Å². The van der Waals surface area contributed by atoms with Crippen molar-refractivity contribution in [2.24, 2.45) is 11.8 Å². The number of hydrogen-bond donors (Lipinski definition) is 0. The van der Waals surface area contributed by atoms with Crippen molar-refractivity contribution in [2.45, 2.75) is 75.9 Å². The van der Waals surface area contributed by atoms with Gasteiger partial charge in [-0.1, -0.05) is 50.4 Å². The first-order valence-corrected chi connectivity index (χ1v) is 12.1. The fourth-order valence-electron chi connectivity index (χ4n) is 5.05. The summed E-state index contributed by atoms with van der Waals surface area (Å²) in [5, 5.41) is 0. The van der Waals surface area contributed by atoms with Crippen LogP contribution in [0.3, 0.4) is 0 Å². The minimum Gasteiger partial charge on any atom is -0.204 e. The molecule has 1 saturated carbocycles. The molecular weight excluding hydrogens is 306 g/mol. The van der Waals surface area contributed by atoms with Gasteiger partial charge in [0.25, 0.3) is 0 Å². The zero-order valence-electron chi connectivity index (χ0n) is 14.4. The molecular formula is C20H30F2Si. The molecule has 0 radical (unpaired) electrons. The van der Waals surface area contributed by atoms with E-state index in [0.717, 1.165) is 30.2 Å². The third-order valence-corrected chi connectivity index (χ3v) is 10.1. The summed E-state index contributed by atoms with van der Waals surface area (Å²) in [6.07, 6.45) is 9.24. The minimum atomic E-state index is -0.726. The first-order valence-electron chi connectivity index (χ1n) is 9.62. The van der Waals surface area contributed by atoms with Crippen LogP contribution in [-0.2, 0) is 0 Å². The zero-order chi connectivity index (χ0) is 16.2. The summed E-state index contributed by atoms with van der Waals surface area (Å²) in [5.41, 5.74) is 1.00. The van der Waals surface area contributed by atoms with Crippen LogP contribution in [0.5, 0.6) is 0 Å². The Bertz CT molecular complexity index is 500. The molecule has 1 saturated heterocycles. The predicted molar refractivity (Wildman–Crippen MR) is 95.6 cm³/mol. The molecule has 0 unspecified atom stereocenters. The van der Waals surface area contributed by atoms with Gasteiger partial charge in [0.1, 0.15) is 0 Å². The highest BCUT2D eigenvalue weighted by Gasteiger charge is 2.31. The topological polar surface area (TPSA) is 0 Å². The molecule has 1 heterocycles. The number of halogens is 2. The van der Waals surface area contributed by atoms with Crippen LogP contribution in [0.2, 0.25) is 18.1 Å². The Kier molecular flexibility index (Phi) is 5.89. The third kappa shape index (κ3) is 4.23. The van der Waals surface area contributed by atoms with Gasteiger partial charge in [0, 0.05) is 8.80 Å². The summed E-state index contributed by atoms with van der Waals surface area (Å²) in [6.45, 7) is 2.33. The van der Waals surface area contributed by atoms with Crippen molar-refractivity contribution in [2.75, 3.05) is 0 Å². The van der Waals surface area contributed by atoms with Crippen LogP contribution in [0.4, 0.5) is 8.78 Å². The Morgan fingerprint density at radius 3 is 2.17 bits per heavy atom. The van der Waals surface area contributed by atoms with E-state index in [1.54, 1.807) is 24.2 Å². The quantitative estimate of drug-likeness (QED) is 0.567. The lowest BCUT2D eigenvalue weighted by Gasteiger charge is -2.37. The lowest BCUT2D eigenvalue weighted by atomic mass is 9.72. The van der Waals surface area contributed by atoms with Crippen LogP contribution >= 0.6 is 0 Å². The van der Waals surface area contributed by atoms with E-state index in [1.165, 1.54) is 44.2 Å². The van der Waals surface area contributed by atoms with Gasteiger partial charge in [-0.3, -0.25) is 0 Å². The van der Waals surface area contributed by atoms with Gasteiger partial charge < -0.3 is 0 Å².